The van der Waals surface area contributed by atoms with Gasteiger partial charge in [0, 0.05) is 0 Å². The van der Waals surface area contributed by atoms with Gasteiger partial charge in [-0.25, -0.2) is 9.59 Å². The van der Waals surface area contributed by atoms with Crippen molar-refractivity contribution < 1.29 is 19.1 Å². The molecule has 0 saturated carbocycles. The molecule has 12 heavy (non-hydrogen) atoms. The number of carbonyl (C=O) groups excluding carboxylic acids is 2. The molecule has 0 atom stereocenters. The lowest BCUT2D eigenvalue weighted by Gasteiger charge is -2.02. The Balaban J connectivity index is 3.38. The highest BCUT2D eigenvalue weighted by Gasteiger charge is 2.04. The molecule has 0 spiro atoms. The van der Waals surface area contributed by atoms with E-state index < -0.39 is 12.1 Å². The van der Waals surface area contributed by atoms with Gasteiger partial charge in [0.05, 0.1) is 0 Å². The van der Waals surface area contributed by atoms with E-state index in [9.17, 15) is 9.59 Å². The smallest absolute Gasteiger partial charge is 0.404 e. The van der Waals surface area contributed by atoms with Gasteiger partial charge in [0.2, 0.25) is 0 Å². The minimum Gasteiger partial charge on any atom is -0.458 e. The van der Waals surface area contributed by atoms with Gasteiger partial charge >= 0.3 is 12.1 Å². The summed E-state index contributed by atoms with van der Waals surface area (Å²) in [6.45, 7) is 2.95. The van der Waals surface area contributed by atoms with Crippen molar-refractivity contribution in [1.29, 1.82) is 0 Å². The quantitative estimate of drug-likeness (QED) is 0.398. The number of ether oxygens (including phenoxy) is 2. The molecule has 68 valence electrons. The molecular formula is C6H8ClNO4. The van der Waals surface area contributed by atoms with E-state index in [1.165, 1.54) is 0 Å². The van der Waals surface area contributed by atoms with Gasteiger partial charge in [0.1, 0.15) is 18.2 Å². The van der Waals surface area contributed by atoms with Crippen LogP contribution in [-0.2, 0) is 14.3 Å². The molecule has 0 aliphatic heterocycles. The summed E-state index contributed by atoms with van der Waals surface area (Å²) in [7, 11) is 0. The van der Waals surface area contributed by atoms with Crippen LogP contribution in [0.25, 0.3) is 0 Å². The fraction of sp³-hybridized carbons (Fsp3) is 0.333. The Bertz CT molecular complexity index is 204. The summed E-state index contributed by atoms with van der Waals surface area (Å²) >= 11 is 5.17. The Morgan fingerprint density at radius 1 is 1.33 bits per heavy atom. The van der Waals surface area contributed by atoms with Crippen molar-refractivity contribution >= 4 is 23.7 Å². The van der Waals surface area contributed by atoms with Gasteiger partial charge in [0.15, 0.2) is 0 Å². The van der Waals surface area contributed by atoms with Crippen LogP contribution >= 0.6 is 11.6 Å². The summed E-state index contributed by atoms with van der Waals surface area (Å²) in [5.74, 6) is -0.746. The van der Waals surface area contributed by atoms with E-state index in [4.69, 9.17) is 11.6 Å². The third-order valence-electron chi connectivity index (χ3n) is 0.782. The molecule has 0 bridgehead atoms. The Morgan fingerprint density at radius 2 is 1.83 bits per heavy atom. The molecule has 1 amide bonds. The summed E-state index contributed by atoms with van der Waals surface area (Å²) in [5.41, 5.74) is 4.62. The number of hydrogen-bond donors (Lipinski definition) is 1. The molecule has 2 N–H and O–H groups in total. The van der Waals surface area contributed by atoms with Crippen molar-refractivity contribution in [2.45, 2.75) is 0 Å². The van der Waals surface area contributed by atoms with Gasteiger partial charge in [-0.1, -0.05) is 18.2 Å². The van der Waals surface area contributed by atoms with Gasteiger partial charge < -0.3 is 15.2 Å². The Morgan fingerprint density at radius 3 is 2.25 bits per heavy atom. The van der Waals surface area contributed by atoms with E-state index >= 15 is 0 Å². The number of amides is 1. The number of carbonyl (C=O) groups is 2. The summed E-state index contributed by atoms with van der Waals surface area (Å²) < 4.78 is 8.71. The molecule has 0 heterocycles. The third-order valence-corrected chi connectivity index (χ3v) is 0.937. The Hall–Kier alpha value is -1.23. The summed E-state index contributed by atoms with van der Waals surface area (Å²) in [6, 6.07) is 0. The van der Waals surface area contributed by atoms with E-state index in [-0.39, 0.29) is 18.2 Å². The first-order chi connectivity index (χ1) is 5.54. The van der Waals surface area contributed by atoms with Crippen LogP contribution in [0.5, 0.6) is 0 Å². The van der Waals surface area contributed by atoms with Crippen molar-refractivity contribution in [2.24, 2.45) is 5.73 Å². The molecule has 0 aromatic rings. The lowest BCUT2D eigenvalue weighted by atomic mass is 10.6. The Kier molecular flexibility index (Phi) is 4.87. The summed E-state index contributed by atoms with van der Waals surface area (Å²) in [5, 5.41) is -0.228. The zero-order chi connectivity index (χ0) is 9.56. The Labute approximate surface area is 74.1 Å². The van der Waals surface area contributed by atoms with Crippen LogP contribution in [0.4, 0.5) is 4.79 Å². The molecule has 0 aromatic carbocycles. The first-order valence-corrected chi connectivity index (χ1v) is 3.35. The zero-order valence-corrected chi connectivity index (χ0v) is 6.97. The van der Waals surface area contributed by atoms with E-state index in [2.05, 4.69) is 21.8 Å². The molecule has 0 rings (SSSR count). The normalized spacial score (nSPS) is 8.75. The highest BCUT2D eigenvalue weighted by molar-refractivity contribution is 6.40. The number of rotatable bonds is 4. The second-order valence-corrected chi connectivity index (χ2v) is 2.16. The molecule has 0 fully saturated rings. The first-order valence-electron chi connectivity index (χ1n) is 2.98. The maximum atomic E-state index is 10.6. The monoisotopic (exact) mass is 193 g/mol. The van der Waals surface area contributed by atoms with Crippen molar-refractivity contribution in [3.05, 3.63) is 11.6 Å². The second kappa shape index (κ2) is 5.42. The average molecular weight is 194 g/mol. The number of nitrogens with two attached hydrogens (primary N) is 1. The molecule has 0 aliphatic carbocycles. The number of hydrogen-bond acceptors (Lipinski definition) is 4. The predicted molar refractivity (Wildman–Crippen MR) is 41.5 cm³/mol. The maximum absolute atomic E-state index is 10.6. The molecule has 0 aromatic heterocycles. The zero-order valence-electron chi connectivity index (χ0n) is 6.21. The number of esters is 1. The van der Waals surface area contributed by atoms with Crippen LogP contribution in [0.1, 0.15) is 0 Å². The number of halogens is 1. The highest BCUT2D eigenvalue weighted by atomic mass is 35.5. The highest BCUT2D eigenvalue weighted by Crippen LogP contribution is 1.98. The predicted octanol–water partition coefficient (Wildman–Crippen LogP) is 0.377. The van der Waals surface area contributed by atoms with Crippen molar-refractivity contribution in [2.75, 3.05) is 13.2 Å². The molecule has 0 saturated heterocycles. The van der Waals surface area contributed by atoms with Gasteiger partial charge in [0.25, 0.3) is 0 Å². The molecule has 0 aliphatic rings. The van der Waals surface area contributed by atoms with Crippen molar-refractivity contribution in [3.63, 3.8) is 0 Å². The fourth-order valence-corrected chi connectivity index (χ4v) is 0.409. The topological polar surface area (TPSA) is 78.6 Å². The van der Waals surface area contributed by atoms with E-state index in [1.54, 1.807) is 0 Å². The SMILES string of the molecule is C=C(Cl)C(=O)OCCOC(N)=O. The van der Waals surface area contributed by atoms with Gasteiger partial charge in [-0.2, -0.15) is 0 Å². The largest absolute Gasteiger partial charge is 0.458 e. The van der Waals surface area contributed by atoms with Crippen LogP contribution in [0, 0.1) is 0 Å². The van der Waals surface area contributed by atoms with Gasteiger partial charge in [-0.3, -0.25) is 0 Å². The lowest BCUT2D eigenvalue weighted by Crippen LogP contribution is -2.17. The summed E-state index contributed by atoms with van der Waals surface area (Å²) in [4.78, 5) is 20.6. The maximum Gasteiger partial charge on any atom is 0.404 e. The molecule has 5 nitrogen and oxygen atoms in total. The van der Waals surface area contributed by atoms with Crippen LogP contribution < -0.4 is 5.73 Å². The van der Waals surface area contributed by atoms with Crippen molar-refractivity contribution in [1.82, 2.24) is 0 Å². The van der Waals surface area contributed by atoms with Gasteiger partial charge in [-0.15, -0.1) is 0 Å². The molecular weight excluding hydrogens is 186 g/mol. The fourth-order valence-electron chi connectivity index (χ4n) is 0.355. The van der Waals surface area contributed by atoms with Gasteiger partial charge in [-0.05, 0) is 0 Å². The summed E-state index contributed by atoms with van der Waals surface area (Å²) in [6.07, 6.45) is -0.921. The van der Waals surface area contributed by atoms with Crippen LogP contribution in [0.15, 0.2) is 11.6 Å². The minimum absolute atomic E-state index is 0.0898. The standard InChI is InChI=1S/C6H8ClNO4/c1-4(7)5(9)11-2-3-12-6(8)10/h1-3H2,(H2,8,10). The van der Waals surface area contributed by atoms with Crippen LogP contribution in [-0.4, -0.2) is 25.3 Å². The second-order valence-electron chi connectivity index (χ2n) is 1.71. The van der Waals surface area contributed by atoms with E-state index in [0.717, 1.165) is 0 Å². The lowest BCUT2D eigenvalue weighted by molar-refractivity contribution is -0.139. The average Bonchev–Trinajstić information content (AvgIpc) is 1.97. The number of primary amides is 1. The van der Waals surface area contributed by atoms with Crippen molar-refractivity contribution in [3.8, 4) is 0 Å². The third kappa shape index (κ3) is 5.55. The molecule has 0 radical (unpaired) electrons. The molecule has 0 unspecified atom stereocenters. The minimum atomic E-state index is -0.921. The van der Waals surface area contributed by atoms with E-state index in [1.807, 2.05) is 0 Å². The first kappa shape index (κ1) is 10.8. The van der Waals surface area contributed by atoms with Crippen LogP contribution in [0.2, 0.25) is 0 Å². The van der Waals surface area contributed by atoms with Crippen LogP contribution in [0.3, 0.4) is 0 Å². The molecule has 6 heteroatoms. The van der Waals surface area contributed by atoms with E-state index in [0.29, 0.717) is 0 Å².